The Morgan fingerprint density at radius 2 is 0.964 bits per heavy atom. The van der Waals surface area contributed by atoms with Crippen LogP contribution in [0.4, 0.5) is 0 Å². The molecule has 55 heavy (non-hydrogen) atoms. The lowest BCUT2D eigenvalue weighted by atomic mass is 10.0. The van der Waals surface area contributed by atoms with Gasteiger partial charge in [0.15, 0.2) is 6.10 Å². The molecule has 0 radical (unpaired) electrons. The molecule has 1 unspecified atom stereocenters. The molecular formula is C43H78NO10P. The first-order valence-corrected chi connectivity index (χ1v) is 23.0. The summed E-state index contributed by atoms with van der Waals surface area (Å²) in [5, 5.41) is 8.88. The summed E-state index contributed by atoms with van der Waals surface area (Å²) >= 11 is 0. The van der Waals surface area contributed by atoms with Crippen LogP contribution in [0.1, 0.15) is 187 Å². The predicted molar refractivity (Wildman–Crippen MR) is 222 cm³/mol. The fraction of sp³-hybridized carbons (Fsp3) is 0.791. The third kappa shape index (κ3) is 38.4. The van der Waals surface area contributed by atoms with Crippen molar-refractivity contribution in [3.8, 4) is 0 Å². The number of rotatable bonds is 40. The van der Waals surface area contributed by atoms with Gasteiger partial charge in [0.1, 0.15) is 12.6 Å². The number of carbonyl (C=O) groups excluding carboxylic acids is 2. The minimum absolute atomic E-state index is 0.137. The second-order valence-electron chi connectivity index (χ2n) is 14.5. The molecule has 0 aromatic carbocycles. The highest BCUT2D eigenvalue weighted by Crippen LogP contribution is 2.43. The zero-order chi connectivity index (χ0) is 40.7. The molecule has 0 heterocycles. The van der Waals surface area contributed by atoms with Crippen molar-refractivity contribution in [2.24, 2.45) is 5.73 Å². The Labute approximate surface area is 333 Å². The van der Waals surface area contributed by atoms with E-state index in [1.807, 2.05) is 0 Å². The van der Waals surface area contributed by atoms with Crippen LogP contribution in [0.25, 0.3) is 0 Å². The highest BCUT2D eigenvalue weighted by Gasteiger charge is 2.28. The minimum atomic E-state index is -4.72. The number of aliphatic carboxylic acids is 1. The molecule has 0 amide bonds. The van der Waals surface area contributed by atoms with Gasteiger partial charge in [-0.2, -0.15) is 0 Å². The molecule has 0 aliphatic rings. The molecule has 0 saturated heterocycles. The maximum Gasteiger partial charge on any atom is 0.472 e. The first-order chi connectivity index (χ1) is 26.6. The molecule has 0 aromatic rings. The number of carboxylic acid groups (broad SMARTS) is 1. The Balaban J connectivity index is 4.41. The van der Waals surface area contributed by atoms with Crippen molar-refractivity contribution in [3.63, 3.8) is 0 Å². The summed E-state index contributed by atoms with van der Waals surface area (Å²) in [6.45, 7) is 2.75. The summed E-state index contributed by atoms with van der Waals surface area (Å²) in [5.41, 5.74) is 5.33. The average molecular weight is 800 g/mol. The van der Waals surface area contributed by atoms with Gasteiger partial charge in [0.05, 0.1) is 13.2 Å². The molecule has 0 rings (SSSR count). The number of unbranched alkanes of at least 4 members (excludes halogenated alkanes) is 20. The van der Waals surface area contributed by atoms with Crippen molar-refractivity contribution < 1.29 is 47.5 Å². The number of hydrogen-bond acceptors (Lipinski definition) is 9. The van der Waals surface area contributed by atoms with Crippen molar-refractivity contribution in [2.75, 3.05) is 19.8 Å². The van der Waals surface area contributed by atoms with Gasteiger partial charge in [0.2, 0.25) is 0 Å². The lowest BCUT2D eigenvalue weighted by Crippen LogP contribution is -2.34. The topological polar surface area (TPSA) is 172 Å². The molecular weight excluding hydrogens is 721 g/mol. The molecule has 0 aliphatic heterocycles. The molecule has 320 valence electrons. The Morgan fingerprint density at radius 3 is 1.47 bits per heavy atom. The number of phosphoric ester groups is 1. The first-order valence-electron chi connectivity index (χ1n) is 21.5. The van der Waals surface area contributed by atoms with Gasteiger partial charge in [-0.15, -0.1) is 0 Å². The van der Waals surface area contributed by atoms with Gasteiger partial charge >= 0.3 is 25.7 Å². The van der Waals surface area contributed by atoms with Gasteiger partial charge in [-0.1, -0.05) is 159 Å². The third-order valence-electron chi connectivity index (χ3n) is 9.14. The molecule has 0 spiro atoms. The standard InChI is InChI=1S/C43H78NO10P/c1-3-5-7-9-11-13-15-17-19-20-21-23-25-27-29-31-33-35-42(46)54-39(37-52-55(49,50)53-38-40(44)43(47)48)36-51-41(45)34-32-30-28-26-24-22-18-16-14-12-10-8-6-4-2/h11,13,17,19,21,23,39-40H,3-10,12,14-16,18,20,22,24-38,44H2,1-2H3,(H,47,48)(H,49,50)/b13-11+,19-17+,23-21+/t39-,40+/m1/s1. The fourth-order valence-corrected chi connectivity index (χ4v) is 6.50. The third-order valence-corrected chi connectivity index (χ3v) is 10.1. The van der Waals surface area contributed by atoms with Crippen molar-refractivity contribution >= 4 is 25.7 Å². The number of ether oxygens (including phenoxy) is 2. The molecule has 0 aliphatic carbocycles. The number of nitrogens with two attached hydrogens (primary N) is 1. The van der Waals surface area contributed by atoms with E-state index in [1.54, 1.807) is 0 Å². The second-order valence-corrected chi connectivity index (χ2v) is 15.9. The fourth-order valence-electron chi connectivity index (χ4n) is 5.72. The number of phosphoric acid groups is 1. The summed E-state index contributed by atoms with van der Waals surface area (Å²) in [7, 11) is -4.72. The first kappa shape index (κ1) is 52.7. The Hall–Kier alpha value is -2.30. The SMILES string of the molecule is CCCCC/C=C/C/C=C/C/C=C/CCCCCCC(=O)O[C@H](COC(=O)CCCCCCCCCCCCCCCC)COP(=O)(O)OC[C@H](N)C(=O)O. The van der Waals surface area contributed by atoms with Gasteiger partial charge < -0.3 is 25.2 Å². The molecule has 11 nitrogen and oxygen atoms in total. The van der Waals surface area contributed by atoms with Crippen LogP contribution in [0.15, 0.2) is 36.5 Å². The van der Waals surface area contributed by atoms with Crippen LogP contribution in [-0.4, -0.2) is 59.9 Å². The van der Waals surface area contributed by atoms with E-state index in [-0.39, 0.29) is 19.4 Å². The predicted octanol–water partition coefficient (Wildman–Crippen LogP) is 11.2. The van der Waals surface area contributed by atoms with Gasteiger partial charge in [0, 0.05) is 12.8 Å². The van der Waals surface area contributed by atoms with Crippen LogP contribution in [0.3, 0.4) is 0 Å². The summed E-state index contributed by atoms with van der Waals surface area (Å²) in [6.07, 6.45) is 40.6. The minimum Gasteiger partial charge on any atom is -0.480 e. The quantitative estimate of drug-likeness (QED) is 0.0233. The smallest absolute Gasteiger partial charge is 0.472 e. The lowest BCUT2D eigenvalue weighted by Gasteiger charge is -2.20. The Kier molecular flexibility index (Phi) is 37.0. The second kappa shape index (κ2) is 38.6. The monoisotopic (exact) mass is 800 g/mol. The van der Waals surface area contributed by atoms with E-state index in [2.05, 4.69) is 54.8 Å². The number of esters is 2. The van der Waals surface area contributed by atoms with E-state index in [9.17, 15) is 23.8 Å². The Morgan fingerprint density at radius 1 is 0.564 bits per heavy atom. The normalized spacial score (nSPS) is 14.1. The van der Waals surface area contributed by atoms with E-state index in [0.717, 1.165) is 64.2 Å². The van der Waals surface area contributed by atoms with Gasteiger partial charge in [-0.3, -0.25) is 23.4 Å². The highest BCUT2D eigenvalue weighted by atomic mass is 31.2. The van der Waals surface area contributed by atoms with Gasteiger partial charge in [-0.25, -0.2) is 4.57 Å². The van der Waals surface area contributed by atoms with Crippen LogP contribution in [0.2, 0.25) is 0 Å². The van der Waals surface area contributed by atoms with Crippen LogP contribution in [0.5, 0.6) is 0 Å². The van der Waals surface area contributed by atoms with Crippen molar-refractivity contribution in [1.82, 2.24) is 0 Å². The zero-order valence-corrected chi connectivity index (χ0v) is 35.4. The summed E-state index contributed by atoms with van der Waals surface area (Å²) in [4.78, 5) is 45.9. The lowest BCUT2D eigenvalue weighted by molar-refractivity contribution is -0.161. The van der Waals surface area contributed by atoms with Crippen LogP contribution in [0, 0.1) is 0 Å². The maximum absolute atomic E-state index is 12.6. The average Bonchev–Trinajstić information content (AvgIpc) is 3.16. The highest BCUT2D eigenvalue weighted by molar-refractivity contribution is 7.47. The molecule has 0 aromatic heterocycles. The number of carboxylic acids is 1. The number of carbonyl (C=O) groups is 3. The number of hydrogen-bond donors (Lipinski definition) is 3. The summed E-state index contributed by atoms with van der Waals surface area (Å²) in [5.74, 6) is -2.40. The van der Waals surface area contributed by atoms with E-state index in [4.69, 9.17) is 24.8 Å². The number of allylic oxidation sites excluding steroid dienone is 6. The van der Waals surface area contributed by atoms with E-state index < -0.39 is 51.1 Å². The van der Waals surface area contributed by atoms with E-state index in [1.165, 1.54) is 83.5 Å². The van der Waals surface area contributed by atoms with Gasteiger partial charge in [0.25, 0.3) is 0 Å². The van der Waals surface area contributed by atoms with Gasteiger partial charge in [-0.05, 0) is 51.4 Å². The summed E-state index contributed by atoms with van der Waals surface area (Å²) < 4.78 is 32.7. The molecule has 0 saturated carbocycles. The van der Waals surface area contributed by atoms with Crippen molar-refractivity contribution in [1.29, 1.82) is 0 Å². The van der Waals surface area contributed by atoms with Crippen LogP contribution in [-0.2, 0) is 37.5 Å². The molecule has 3 atom stereocenters. The van der Waals surface area contributed by atoms with Crippen molar-refractivity contribution in [3.05, 3.63) is 36.5 Å². The zero-order valence-electron chi connectivity index (χ0n) is 34.5. The van der Waals surface area contributed by atoms with Crippen molar-refractivity contribution in [2.45, 2.75) is 199 Å². The largest absolute Gasteiger partial charge is 0.480 e. The molecule has 0 bridgehead atoms. The van der Waals surface area contributed by atoms with Crippen LogP contribution < -0.4 is 5.73 Å². The maximum atomic E-state index is 12.6. The molecule has 4 N–H and O–H groups in total. The van der Waals surface area contributed by atoms with Crippen LogP contribution >= 0.6 is 7.82 Å². The molecule has 12 heteroatoms. The summed E-state index contributed by atoms with van der Waals surface area (Å²) in [6, 6.07) is -1.52. The van der Waals surface area contributed by atoms with E-state index >= 15 is 0 Å². The molecule has 0 fully saturated rings. The Bertz CT molecular complexity index is 1080. The van der Waals surface area contributed by atoms with E-state index in [0.29, 0.717) is 12.8 Å².